The van der Waals surface area contributed by atoms with Crippen LogP contribution in [0.25, 0.3) is 5.82 Å². The van der Waals surface area contributed by atoms with Crippen LogP contribution in [0.15, 0.2) is 61.2 Å². The molecule has 0 spiro atoms. The number of carbonyl (C=O) groups excluding carboxylic acids is 1. The Hall–Kier alpha value is -3.78. The van der Waals surface area contributed by atoms with Gasteiger partial charge in [0.1, 0.15) is 30.0 Å². The van der Waals surface area contributed by atoms with Crippen molar-refractivity contribution in [2.75, 3.05) is 5.32 Å². The number of hydrogen-bond acceptors (Lipinski definition) is 5. The monoisotopic (exact) mass is 437 g/mol. The maximum absolute atomic E-state index is 13.9. The lowest BCUT2D eigenvalue weighted by Gasteiger charge is -2.10. The molecule has 31 heavy (non-hydrogen) atoms. The summed E-state index contributed by atoms with van der Waals surface area (Å²) >= 11 is 5.94. The Kier molecular flexibility index (Phi) is 5.64. The van der Waals surface area contributed by atoms with Gasteiger partial charge in [0, 0.05) is 17.4 Å². The normalized spacial score (nSPS) is 10.7. The van der Waals surface area contributed by atoms with Crippen molar-refractivity contribution in [1.29, 1.82) is 0 Å². The highest BCUT2D eigenvalue weighted by Gasteiger charge is 2.16. The quantitative estimate of drug-likeness (QED) is 0.468. The molecule has 0 unspecified atom stereocenters. The average molecular weight is 438 g/mol. The third-order valence-corrected chi connectivity index (χ3v) is 4.97. The Labute approximate surface area is 182 Å². The van der Waals surface area contributed by atoms with Crippen LogP contribution in [0.3, 0.4) is 0 Å². The molecule has 2 aromatic carbocycles. The van der Waals surface area contributed by atoms with Crippen molar-refractivity contribution in [3.8, 4) is 17.4 Å². The van der Waals surface area contributed by atoms with E-state index in [0.717, 1.165) is 11.4 Å². The predicted molar refractivity (Wildman–Crippen MR) is 115 cm³/mol. The summed E-state index contributed by atoms with van der Waals surface area (Å²) < 4.78 is 21.5. The molecule has 0 saturated heterocycles. The van der Waals surface area contributed by atoms with Gasteiger partial charge in [0.25, 0.3) is 5.91 Å². The van der Waals surface area contributed by atoms with Crippen LogP contribution in [-0.4, -0.2) is 25.4 Å². The molecule has 4 rings (SSSR count). The molecule has 0 aliphatic heterocycles. The minimum absolute atomic E-state index is 0.0420. The number of aromatic nitrogens is 4. The predicted octanol–water partition coefficient (Wildman–Crippen LogP) is 5.12. The van der Waals surface area contributed by atoms with E-state index in [4.69, 9.17) is 16.3 Å². The summed E-state index contributed by atoms with van der Waals surface area (Å²) in [6.45, 7) is 3.87. The van der Waals surface area contributed by atoms with E-state index in [1.54, 1.807) is 36.7 Å². The fourth-order valence-electron chi connectivity index (χ4n) is 2.88. The highest BCUT2D eigenvalue weighted by atomic mass is 35.5. The first-order valence-corrected chi connectivity index (χ1v) is 9.66. The van der Waals surface area contributed by atoms with Gasteiger partial charge in [0.05, 0.1) is 16.3 Å². The molecular formula is C22H17ClFN5O2. The van der Waals surface area contributed by atoms with Crippen LogP contribution >= 0.6 is 11.6 Å². The van der Waals surface area contributed by atoms with E-state index < -0.39 is 11.7 Å². The molecule has 2 heterocycles. The van der Waals surface area contributed by atoms with Gasteiger partial charge < -0.3 is 10.1 Å². The standard InChI is InChI=1S/C22H17ClFN5O2/c1-13-14(2)29(12-27-13)19-10-20(26-11-25-19)31-16-8-6-15(7-9-16)28-22(30)21-17(23)4-3-5-18(21)24/h3-12H,1-2H3,(H,28,30). The van der Waals surface area contributed by atoms with Crippen molar-refractivity contribution in [2.45, 2.75) is 13.8 Å². The first-order chi connectivity index (χ1) is 14.9. The van der Waals surface area contributed by atoms with E-state index in [2.05, 4.69) is 20.3 Å². The Morgan fingerprint density at radius 3 is 2.55 bits per heavy atom. The molecule has 9 heteroatoms. The molecule has 0 aliphatic rings. The van der Waals surface area contributed by atoms with Crippen molar-refractivity contribution in [3.63, 3.8) is 0 Å². The van der Waals surface area contributed by atoms with E-state index in [9.17, 15) is 9.18 Å². The fourth-order valence-corrected chi connectivity index (χ4v) is 3.13. The zero-order valence-corrected chi connectivity index (χ0v) is 17.4. The number of imidazole rings is 1. The molecule has 1 amide bonds. The minimum atomic E-state index is -0.687. The van der Waals surface area contributed by atoms with Crippen molar-refractivity contribution in [3.05, 3.63) is 89.0 Å². The number of nitrogens with zero attached hydrogens (tertiary/aromatic N) is 4. The van der Waals surface area contributed by atoms with Gasteiger partial charge in [-0.05, 0) is 50.2 Å². The van der Waals surface area contributed by atoms with E-state index in [1.807, 2.05) is 18.4 Å². The fraction of sp³-hybridized carbons (Fsp3) is 0.0909. The minimum Gasteiger partial charge on any atom is -0.439 e. The van der Waals surface area contributed by atoms with Crippen molar-refractivity contribution in [1.82, 2.24) is 19.5 Å². The van der Waals surface area contributed by atoms with Gasteiger partial charge in [-0.25, -0.2) is 19.3 Å². The zero-order valence-electron chi connectivity index (χ0n) is 16.6. The molecule has 0 fully saturated rings. The third kappa shape index (κ3) is 4.39. The Balaban J connectivity index is 1.47. The highest BCUT2D eigenvalue weighted by molar-refractivity contribution is 6.34. The van der Waals surface area contributed by atoms with Crippen LogP contribution in [0.4, 0.5) is 10.1 Å². The second kappa shape index (κ2) is 8.53. The van der Waals surface area contributed by atoms with Crippen LogP contribution < -0.4 is 10.1 Å². The molecule has 156 valence electrons. The Morgan fingerprint density at radius 2 is 1.87 bits per heavy atom. The van der Waals surface area contributed by atoms with Gasteiger partial charge in [-0.3, -0.25) is 9.36 Å². The lowest BCUT2D eigenvalue weighted by Crippen LogP contribution is -2.14. The van der Waals surface area contributed by atoms with Gasteiger partial charge >= 0.3 is 0 Å². The molecule has 0 atom stereocenters. The summed E-state index contributed by atoms with van der Waals surface area (Å²) in [6, 6.07) is 12.4. The second-order valence-corrected chi connectivity index (χ2v) is 7.08. The molecule has 0 bridgehead atoms. The number of rotatable bonds is 5. The summed E-state index contributed by atoms with van der Waals surface area (Å²) in [5.74, 6) is 0.167. The zero-order chi connectivity index (χ0) is 22.0. The van der Waals surface area contributed by atoms with Crippen LogP contribution in [0.1, 0.15) is 21.7 Å². The van der Waals surface area contributed by atoms with Crippen molar-refractivity contribution in [2.24, 2.45) is 0 Å². The molecule has 0 saturated carbocycles. The maximum atomic E-state index is 13.9. The van der Waals surface area contributed by atoms with E-state index in [1.165, 1.54) is 24.5 Å². The number of benzene rings is 2. The number of anilines is 1. The second-order valence-electron chi connectivity index (χ2n) is 6.68. The molecular weight excluding hydrogens is 421 g/mol. The largest absolute Gasteiger partial charge is 0.439 e. The number of ether oxygens (including phenoxy) is 1. The van der Waals surface area contributed by atoms with Gasteiger partial charge in [-0.15, -0.1) is 0 Å². The van der Waals surface area contributed by atoms with E-state index >= 15 is 0 Å². The third-order valence-electron chi connectivity index (χ3n) is 4.65. The molecule has 2 aromatic heterocycles. The van der Waals surface area contributed by atoms with Gasteiger partial charge in [0.2, 0.25) is 5.88 Å². The maximum Gasteiger partial charge on any atom is 0.260 e. The first kappa shape index (κ1) is 20.5. The SMILES string of the molecule is Cc1ncn(-c2cc(Oc3ccc(NC(=O)c4c(F)cccc4Cl)cc3)ncn2)c1C. The topological polar surface area (TPSA) is 81.9 Å². The van der Waals surface area contributed by atoms with E-state index in [0.29, 0.717) is 23.1 Å². The lowest BCUT2D eigenvalue weighted by atomic mass is 10.2. The Morgan fingerprint density at radius 1 is 1.10 bits per heavy atom. The number of hydrogen-bond donors (Lipinski definition) is 1. The smallest absolute Gasteiger partial charge is 0.260 e. The number of aryl methyl sites for hydroxylation is 1. The average Bonchev–Trinajstić information content (AvgIpc) is 3.08. The molecule has 7 nitrogen and oxygen atoms in total. The Bertz CT molecular complexity index is 1240. The van der Waals surface area contributed by atoms with Gasteiger partial charge in [-0.2, -0.15) is 0 Å². The summed E-state index contributed by atoms with van der Waals surface area (Å²) in [7, 11) is 0. The highest BCUT2D eigenvalue weighted by Crippen LogP contribution is 2.24. The van der Waals surface area contributed by atoms with Crippen molar-refractivity contribution >= 4 is 23.2 Å². The molecule has 1 N–H and O–H groups in total. The van der Waals surface area contributed by atoms with E-state index in [-0.39, 0.29) is 10.6 Å². The van der Waals surface area contributed by atoms with Gasteiger partial charge in [0.15, 0.2) is 0 Å². The van der Waals surface area contributed by atoms with Crippen LogP contribution in [-0.2, 0) is 0 Å². The number of halogens is 2. The summed E-state index contributed by atoms with van der Waals surface area (Å²) in [4.78, 5) is 25.0. The summed E-state index contributed by atoms with van der Waals surface area (Å²) in [6.07, 6.45) is 3.10. The number of amides is 1. The number of carbonyl (C=O) groups is 1. The molecule has 4 aromatic rings. The molecule has 0 aliphatic carbocycles. The van der Waals surface area contributed by atoms with Gasteiger partial charge in [-0.1, -0.05) is 17.7 Å². The summed E-state index contributed by atoms with van der Waals surface area (Å²) in [5, 5.41) is 2.66. The lowest BCUT2D eigenvalue weighted by molar-refractivity contribution is 0.102. The molecule has 0 radical (unpaired) electrons. The first-order valence-electron chi connectivity index (χ1n) is 9.28. The van der Waals surface area contributed by atoms with Crippen LogP contribution in [0.5, 0.6) is 11.6 Å². The summed E-state index contributed by atoms with van der Waals surface area (Å²) in [5.41, 5.74) is 2.14. The van der Waals surface area contributed by atoms with Crippen LogP contribution in [0, 0.1) is 19.7 Å². The van der Waals surface area contributed by atoms with Crippen LogP contribution in [0.2, 0.25) is 5.02 Å². The number of nitrogens with one attached hydrogen (secondary N) is 1. The van der Waals surface area contributed by atoms with Crippen molar-refractivity contribution < 1.29 is 13.9 Å².